The lowest BCUT2D eigenvalue weighted by atomic mass is 10.1. The molecule has 6 heteroatoms. The molecule has 24 heavy (non-hydrogen) atoms. The Morgan fingerprint density at radius 2 is 2.33 bits per heavy atom. The Labute approximate surface area is 142 Å². The van der Waals surface area contributed by atoms with Gasteiger partial charge in [0.25, 0.3) is 5.91 Å². The average molecular weight is 329 g/mol. The van der Waals surface area contributed by atoms with Gasteiger partial charge in [-0.05, 0) is 24.8 Å². The molecule has 2 rings (SSSR count). The highest BCUT2D eigenvalue weighted by molar-refractivity contribution is 6.02. The number of rotatable bonds is 8. The van der Waals surface area contributed by atoms with Crippen molar-refractivity contribution in [2.24, 2.45) is 4.99 Å². The van der Waals surface area contributed by atoms with Gasteiger partial charge < -0.3 is 15.0 Å². The third-order valence-electron chi connectivity index (χ3n) is 4.00. The Hall–Kier alpha value is -2.63. The van der Waals surface area contributed by atoms with E-state index >= 15 is 0 Å². The Kier molecular flexibility index (Phi) is 6.12. The number of nitrogens with zero attached hydrogens (tertiary/aromatic N) is 2. The number of carbonyl (C=O) groups is 2. The Bertz CT molecular complexity index is 655. The number of amides is 1. The first-order valence-electron chi connectivity index (χ1n) is 8.01. The quantitative estimate of drug-likeness (QED) is 0.451. The number of fused-ring (bicyclic) bond motifs is 1. The molecule has 128 valence electrons. The lowest BCUT2D eigenvalue weighted by Crippen LogP contribution is -2.45. The van der Waals surface area contributed by atoms with Crippen molar-refractivity contribution in [2.45, 2.75) is 32.4 Å². The number of carbonyl (C=O) groups excluding carboxylic acids is 2. The number of amidine groups is 1. The van der Waals surface area contributed by atoms with Gasteiger partial charge in [0.1, 0.15) is 18.2 Å². The molecule has 1 heterocycles. The van der Waals surface area contributed by atoms with Gasteiger partial charge in [-0.25, -0.2) is 0 Å². The average Bonchev–Trinajstić information content (AvgIpc) is 2.93. The van der Waals surface area contributed by atoms with Crippen molar-refractivity contribution in [3.8, 4) is 5.75 Å². The van der Waals surface area contributed by atoms with Crippen LogP contribution in [0.1, 0.15) is 35.7 Å². The number of aldehydes is 1. The predicted octanol–water partition coefficient (Wildman–Crippen LogP) is 2.15. The summed E-state index contributed by atoms with van der Waals surface area (Å²) in [6, 6.07) is 5.19. The topological polar surface area (TPSA) is 71.0 Å². The maximum Gasteiger partial charge on any atom is 0.255 e. The van der Waals surface area contributed by atoms with E-state index in [-0.39, 0.29) is 18.6 Å². The summed E-state index contributed by atoms with van der Waals surface area (Å²) in [5.41, 5.74) is 1.44. The van der Waals surface area contributed by atoms with Gasteiger partial charge in [-0.3, -0.25) is 14.6 Å². The minimum absolute atomic E-state index is 0.0251. The van der Waals surface area contributed by atoms with Crippen molar-refractivity contribution < 1.29 is 14.3 Å². The largest absolute Gasteiger partial charge is 0.486 e. The third-order valence-corrected chi connectivity index (χ3v) is 4.00. The molecule has 0 saturated carbocycles. The summed E-state index contributed by atoms with van der Waals surface area (Å²) in [6.07, 6.45) is 3.97. The maximum absolute atomic E-state index is 12.9. The van der Waals surface area contributed by atoms with Crippen molar-refractivity contribution in [3.05, 3.63) is 42.1 Å². The van der Waals surface area contributed by atoms with Crippen molar-refractivity contribution >= 4 is 18.0 Å². The van der Waals surface area contributed by atoms with Gasteiger partial charge in [-0.15, -0.1) is 0 Å². The van der Waals surface area contributed by atoms with Crippen LogP contribution in [-0.2, 0) is 11.3 Å². The lowest BCUT2D eigenvalue weighted by Gasteiger charge is -2.28. The number of hydrogen-bond donors (Lipinski definition) is 1. The molecule has 0 bridgehead atoms. The first kappa shape index (κ1) is 17.7. The monoisotopic (exact) mass is 329 g/mol. The molecular formula is C18H23N3O3. The lowest BCUT2D eigenvalue weighted by molar-refractivity contribution is -0.109. The Morgan fingerprint density at radius 1 is 1.54 bits per heavy atom. The molecule has 1 atom stereocenters. The number of ether oxygens (including phenoxy) is 1. The molecule has 0 aromatic heterocycles. The number of aliphatic imine (C=N–C) groups is 1. The predicted molar refractivity (Wildman–Crippen MR) is 93.3 cm³/mol. The van der Waals surface area contributed by atoms with Gasteiger partial charge in [0, 0.05) is 18.2 Å². The summed E-state index contributed by atoms with van der Waals surface area (Å²) < 4.78 is 5.46. The SMILES string of the molecule is C=CNC(=NC)C(CCC)N1Cc2c(OCC=O)cccc2C1=O. The van der Waals surface area contributed by atoms with Crippen LogP contribution in [0, 0.1) is 0 Å². The molecule has 1 amide bonds. The van der Waals surface area contributed by atoms with Crippen LogP contribution in [0.15, 0.2) is 36.0 Å². The molecule has 6 nitrogen and oxygen atoms in total. The second kappa shape index (κ2) is 8.29. The molecule has 1 aromatic rings. The van der Waals surface area contributed by atoms with E-state index in [4.69, 9.17) is 4.74 Å². The minimum Gasteiger partial charge on any atom is -0.486 e. The number of hydrogen-bond acceptors (Lipinski definition) is 4. The molecule has 1 unspecified atom stereocenters. The van der Waals surface area contributed by atoms with Crippen LogP contribution >= 0.6 is 0 Å². The van der Waals surface area contributed by atoms with E-state index in [1.54, 1.807) is 36.3 Å². The van der Waals surface area contributed by atoms with Crippen LogP contribution < -0.4 is 10.1 Å². The van der Waals surface area contributed by atoms with E-state index in [1.165, 1.54) is 0 Å². The van der Waals surface area contributed by atoms with Crippen molar-refractivity contribution in [1.82, 2.24) is 10.2 Å². The summed E-state index contributed by atoms with van der Waals surface area (Å²) in [6.45, 7) is 6.16. The van der Waals surface area contributed by atoms with E-state index in [2.05, 4.69) is 23.8 Å². The van der Waals surface area contributed by atoms with Crippen LogP contribution in [0.5, 0.6) is 5.75 Å². The van der Waals surface area contributed by atoms with Crippen LogP contribution in [0.25, 0.3) is 0 Å². The Morgan fingerprint density at radius 3 is 2.96 bits per heavy atom. The van der Waals surface area contributed by atoms with E-state index in [0.717, 1.165) is 18.4 Å². The third kappa shape index (κ3) is 3.48. The van der Waals surface area contributed by atoms with Crippen molar-refractivity contribution in [3.63, 3.8) is 0 Å². The van der Waals surface area contributed by atoms with Gasteiger partial charge in [-0.1, -0.05) is 26.0 Å². The van der Waals surface area contributed by atoms with Gasteiger partial charge >= 0.3 is 0 Å². The summed E-state index contributed by atoms with van der Waals surface area (Å²) in [7, 11) is 1.70. The molecule has 1 N–H and O–H groups in total. The van der Waals surface area contributed by atoms with Gasteiger partial charge in [0.15, 0.2) is 6.29 Å². The van der Waals surface area contributed by atoms with E-state index in [9.17, 15) is 9.59 Å². The zero-order valence-corrected chi connectivity index (χ0v) is 14.1. The van der Waals surface area contributed by atoms with Gasteiger partial charge in [0.05, 0.1) is 12.6 Å². The fourth-order valence-corrected chi connectivity index (χ4v) is 2.96. The zero-order chi connectivity index (χ0) is 17.5. The molecule has 0 aliphatic carbocycles. The van der Waals surface area contributed by atoms with Crippen LogP contribution in [0.4, 0.5) is 0 Å². The highest BCUT2D eigenvalue weighted by atomic mass is 16.5. The molecular weight excluding hydrogens is 306 g/mol. The fraction of sp³-hybridized carbons (Fsp3) is 0.389. The summed E-state index contributed by atoms with van der Waals surface area (Å²) >= 11 is 0. The number of nitrogens with one attached hydrogen (secondary N) is 1. The second-order valence-corrected chi connectivity index (χ2v) is 5.45. The molecule has 0 fully saturated rings. The van der Waals surface area contributed by atoms with Crippen LogP contribution in [0.2, 0.25) is 0 Å². The molecule has 0 radical (unpaired) electrons. The molecule has 0 saturated heterocycles. The van der Waals surface area contributed by atoms with Crippen molar-refractivity contribution in [1.29, 1.82) is 0 Å². The zero-order valence-electron chi connectivity index (χ0n) is 14.1. The van der Waals surface area contributed by atoms with Gasteiger partial charge in [-0.2, -0.15) is 0 Å². The first-order valence-corrected chi connectivity index (χ1v) is 8.01. The van der Waals surface area contributed by atoms with Crippen LogP contribution in [0.3, 0.4) is 0 Å². The molecule has 1 aliphatic heterocycles. The van der Waals surface area contributed by atoms with E-state index < -0.39 is 0 Å². The molecule has 1 aliphatic rings. The smallest absolute Gasteiger partial charge is 0.255 e. The normalized spacial score (nSPS) is 15.0. The highest BCUT2D eigenvalue weighted by Crippen LogP contribution is 2.33. The van der Waals surface area contributed by atoms with Crippen LogP contribution in [-0.4, -0.2) is 42.6 Å². The van der Waals surface area contributed by atoms with Crippen molar-refractivity contribution in [2.75, 3.05) is 13.7 Å². The summed E-state index contributed by atoms with van der Waals surface area (Å²) in [5.74, 6) is 1.24. The molecule has 0 spiro atoms. The standard InChI is InChI=1S/C18H23N3O3/c1-4-7-15(17(19-3)20-5-2)21-12-14-13(18(21)23)8-6-9-16(14)24-11-10-22/h5-6,8-10,15H,2,4,7,11-12H2,1,3H3,(H,19,20). The molecule has 1 aromatic carbocycles. The Balaban J connectivity index is 2.33. The fourth-order valence-electron chi connectivity index (χ4n) is 2.96. The maximum atomic E-state index is 12.9. The minimum atomic E-state index is -0.156. The highest BCUT2D eigenvalue weighted by Gasteiger charge is 2.36. The van der Waals surface area contributed by atoms with Gasteiger partial charge in [0.2, 0.25) is 0 Å². The summed E-state index contributed by atoms with van der Waals surface area (Å²) in [5, 5.41) is 3.03. The number of benzene rings is 1. The van der Waals surface area contributed by atoms with E-state index in [1.807, 2.05) is 0 Å². The van der Waals surface area contributed by atoms with E-state index in [0.29, 0.717) is 30.0 Å². The first-order chi connectivity index (χ1) is 11.7. The summed E-state index contributed by atoms with van der Waals surface area (Å²) in [4.78, 5) is 29.5. The second-order valence-electron chi connectivity index (χ2n) is 5.45.